The number of carbonyl (C=O) groups excluding carboxylic acids is 2. The van der Waals surface area contributed by atoms with E-state index in [0.717, 1.165) is 21.5 Å². The van der Waals surface area contributed by atoms with E-state index in [1.54, 1.807) is 25.4 Å². The van der Waals surface area contributed by atoms with E-state index in [4.69, 9.17) is 0 Å². The Kier molecular flexibility index (Phi) is 2.56. The highest BCUT2D eigenvalue weighted by Crippen LogP contribution is 2.19. The Morgan fingerprint density at radius 3 is 3.00 bits per heavy atom. The summed E-state index contributed by atoms with van der Waals surface area (Å²) >= 11 is 0. The van der Waals surface area contributed by atoms with E-state index in [9.17, 15) is 9.59 Å². The molecule has 3 heterocycles. The lowest BCUT2D eigenvalue weighted by molar-refractivity contribution is -0.122. The molecular formula is C13H12N4O2. The van der Waals surface area contributed by atoms with Crippen LogP contribution in [0.2, 0.25) is 0 Å². The van der Waals surface area contributed by atoms with Crippen LogP contribution in [0.15, 0.2) is 30.2 Å². The fourth-order valence-electron chi connectivity index (χ4n) is 2.10. The second-order valence-corrected chi connectivity index (χ2v) is 4.18. The normalized spacial score (nSPS) is 17.5. The molecule has 0 spiro atoms. The molecule has 2 aromatic heterocycles. The Balaban J connectivity index is 2.03. The minimum Gasteiger partial charge on any atom is -0.359 e. The van der Waals surface area contributed by atoms with Crippen LogP contribution in [0.3, 0.4) is 0 Å². The van der Waals surface area contributed by atoms with Gasteiger partial charge in [0.05, 0.1) is 11.0 Å². The summed E-state index contributed by atoms with van der Waals surface area (Å²) in [4.78, 5) is 32.0. The van der Waals surface area contributed by atoms with E-state index >= 15 is 0 Å². The molecule has 2 N–H and O–H groups in total. The van der Waals surface area contributed by atoms with Crippen molar-refractivity contribution in [1.29, 1.82) is 0 Å². The number of amides is 3. The van der Waals surface area contributed by atoms with Crippen molar-refractivity contribution in [2.24, 2.45) is 0 Å². The lowest BCUT2D eigenvalue weighted by atomic mass is 10.2. The predicted octanol–water partition coefficient (Wildman–Crippen LogP) is 1.48. The second kappa shape index (κ2) is 4.24. The summed E-state index contributed by atoms with van der Waals surface area (Å²) in [5, 5.41) is 2.56. The van der Waals surface area contributed by atoms with Crippen LogP contribution in [0.5, 0.6) is 0 Å². The number of aromatic nitrogens is 2. The van der Waals surface area contributed by atoms with E-state index < -0.39 is 0 Å². The number of aromatic amines is 1. The Morgan fingerprint density at radius 2 is 2.26 bits per heavy atom. The second-order valence-electron chi connectivity index (χ2n) is 4.18. The summed E-state index contributed by atoms with van der Waals surface area (Å²) in [7, 11) is 0. The van der Waals surface area contributed by atoms with Crippen LogP contribution in [0.1, 0.15) is 12.5 Å². The fraction of sp³-hybridized carbons (Fsp3) is 0.154. The average molecular weight is 256 g/mol. The molecule has 0 aromatic carbocycles. The standard InChI is InChI=1S/C13H12N4O2/c1-2-17-12(18)10(16-13(17)19)6-8-7-15-9-4-3-5-14-11(8)9/h3-7,15H,2H2,1H3,(H,16,19)/b10-6-. The first-order valence-corrected chi connectivity index (χ1v) is 5.97. The van der Waals surface area contributed by atoms with Crippen LogP contribution in [0.4, 0.5) is 4.79 Å². The molecule has 19 heavy (non-hydrogen) atoms. The van der Waals surface area contributed by atoms with Gasteiger partial charge in [-0.15, -0.1) is 0 Å². The van der Waals surface area contributed by atoms with Gasteiger partial charge in [0, 0.05) is 24.5 Å². The Bertz CT molecular complexity index is 701. The molecule has 1 aliphatic heterocycles. The monoisotopic (exact) mass is 256 g/mol. The summed E-state index contributed by atoms with van der Waals surface area (Å²) in [6.07, 6.45) is 5.09. The number of carbonyl (C=O) groups is 2. The van der Waals surface area contributed by atoms with Gasteiger partial charge >= 0.3 is 6.03 Å². The maximum atomic E-state index is 12.0. The van der Waals surface area contributed by atoms with Gasteiger partial charge in [0.2, 0.25) is 0 Å². The van der Waals surface area contributed by atoms with E-state index in [2.05, 4.69) is 15.3 Å². The van der Waals surface area contributed by atoms with E-state index in [-0.39, 0.29) is 17.6 Å². The number of likely N-dealkylation sites (N-methyl/N-ethyl adjacent to an activating group) is 1. The quantitative estimate of drug-likeness (QED) is 0.631. The van der Waals surface area contributed by atoms with Crippen LogP contribution in [0.25, 0.3) is 17.1 Å². The van der Waals surface area contributed by atoms with Crippen molar-refractivity contribution in [3.05, 3.63) is 35.8 Å². The van der Waals surface area contributed by atoms with Crippen molar-refractivity contribution < 1.29 is 9.59 Å². The predicted molar refractivity (Wildman–Crippen MR) is 70.0 cm³/mol. The SMILES string of the molecule is CCN1C(=O)N/C(=C\c2c[nH]c3cccnc23)C1=O. The van der Waals surface area contributed by atoms with Crippen LogP contribution in [0, 0.1) is 0 Å². The van der Waals surface area contributed by atoms with Gasteiger partial charge in [0.1, 0.15) is 5.70 Å². The molecule has 3 rings (SSSR count). The number of pyridine rings is 1. The fourth-order valence-corrected chi connectivity index (χ4v) is 2.10. The highest BCUT2D eigenvalue weighted by molar-refractivity contribution is 6.14. The average Bonchev–Trinajstić information content (AvgIpc) is 2.93. The van der Waals surface area contributed by atoms with Crippen molar-refractivity contribution in [3.63, 3.8) is 0 Å². The molecule has 0 bridgehead atoms. The van der Waals surface area contributed by atoms with Crippen molar-refractivity contribution in [2.75, 3.05) is 6.54 Å². The van der Waals surface area contributed by atoms with Crippen molar-refractivity contribution in [3.8, 4) is 0 Å². The van der Waals surface area contributed by atoms with Gasteiger partial charge in [0.25, 0.3) is 5.91 Å². The van der Waals surface area contributed by atoms with Gasteiger partial charge in [-0.2, -0.15) is 0 Å². The Labute approximate surface area is 109 Å². The number of nitrogens with zero attached hydrogens (tertiary/aromatic N) is 2. The molecule has 1 aliphatic rings. The summed E-state index contributed by atoms with van der Waals surface area (Å²) in [5.74, 6) is -0.308. The maximum absolute atomic E-state index is 12.0. The minimum absolute atomic E-state index is 0.276. The van der Waals surface area contributed by atoms with Crippen LogP contribution in [-0.2, 0) is 4.79 Å². The van der Waals surface area contributed by atoms with Crippen molar-refractivity contribution >= 4 is 29.0 Å². The molecular weight excluding hydrogens is 244 g/mol. The number of H-pyrrole nitrogens is 1. The molecule has 2 aromatic rings. The minimum atomic E-state index is -0.383. The lowest BCUT2D eigenvalue weighted by Gasteiger charge is -2.05. The number of hydrogen-bond donors (Lipinski definition) is 2. The Morgan fingerprint density at radius 1 is 1.42 bits per heavy atom. The third-order valence-electron chi connectivity index (χ3n) is 3.04. The molecule has 1 saturated heterocycles. The first kappa shape index (κ1) is 11.5. The maximum Gasteiger partial charge on any atom is 0.328 e. The number of urea groups is 1. The largest absolute Gasteiger partial charge is 0.359 e. The molecule has 1 fully saturated rings. The van der Waals surface area contributed by atoms with Crippen LogP contribution in [-0.4, -0.2) is 33.4 Å². The van der Waals surface area contributed by atoms with Gasteiger partial charge in [-0.25, -0.2) is 4.79 Å². The number of hydrogen-bond acceptors (Lipinski definition) is 3. The zero-order chi connectivity index (χ0) is 13.4. The number of nitrogens with one attached hydrogen (secondary N) is 2. The molecule has 0 radical (unpaired) electrons. The zero-order valence-corrected chi connectivity index (χ0v) is 10.3. The van der Waals surface area contributed by atoms with Gasteiger partial charge < -0.3 is 10.3 Å². The van der Waals surface area contributed by atoms with E-state index in [1.807, 2.05) is 12.1 Å². The smallest absolute Gasteiger partial charge is 0.328 e. The van der Waals surface area contributed by atoms with Gasteiger partial charge in [-0.1, -0.05) is 0 Å². The topological polar surface area (TPSA) is 78.1 Å². The molecule has 0 unspecified atom stereocenters. The third kappa shape index (κ3) is 1.77. The van der Waals surface area contributed by atoms with Gasteiger partial charge in [-0.3, -0.25) is 14.7 Å². The van der Waals surface area contributed by atoms with Gasteiger partial charge in [-0.05, 0) is 25.1 Å². The van der Waals surface area contributed by atoms with Crippen molar-refractivity contribution in [1.82, 2.24) is 20.2 Å². The molecule has 0 saturated carbocycles. The zero-order valence-electron chi connectivity index (χ0n) is 10.3. The number of imide groups is 1. The highest BCUT2D eigenvalue weighted by atomic mass is 16.2. The molecule has 6 nitrogen and oxygen atoms in total. The molecule has 0 atom stereocenters. The number of rotatable bonds is 2. The third-order valence-corrected chi connectivity index (χ3v) is 3.04. The molecule has 0 aliphatic carbocycles. The van der Waals surface area contributed by atoms with Crippen molar-refractivity contribution in [2.45, 2.75) is 6.92 Å². The van der Waals surface area contributed by atoms with Crippen LogP contribution < -0.4 is 5.32 Å². The summed E-state index contributed by atoms with van der Waals surface area (Å²) in [5.41, 5.74) is 2.71. The molecule has 96 valence electrons. The van der Waals surface area contributed by atoms with E-state index in [1.165, 1.54) is 0 Å². The highest BCUT2D eigenvalue weighted by Gasteiger charge is 2.32. The number of fused-ring (bicyclic) bond motifs is 1. The summed E-state index contributed by atoms with van der Waals surface area (Å²) in [6, 6.07) is 3.35. The van der Waals surface area contributed by atoms with E-state index in [0.29, 0.717) is 6.54 Å². The molecule has 3 amide bonds. The first-order chi connectivity index (χ1) is 9.20. The Hall–Kier alpha value is -2.63. The van der Waals surface area contributed by atoms with Gasteiger partial charge in [0.15, 0.2) is 0 Å². The summed E-state index contributed by atoms with van der Waals surface area (Å²) in [6.45, 7) is 2.11. The summed E-state index contributed by atoms with van der Waals surface area (Å²) < 4.78 is 0. The van der Waals surface area contributed by atoms with Crippen LogP contribution >= 0.6 is 0 Å². The lowest BCUT2D eigenvalue weighted by Crippen LogP contribution is -2.30. The first-order valence-electron chi connectivity index (χ1n) is 5.97. The molecule has 6 heteroatoms.